The highest BCUT2D eigenvalue weighted by atomic mass is 16.5. The molecule has 0 aliphatic carbocycles. The van der Waals surface area contributed by atoms with Crippen LogP contribution < -0.4 is 4.74 Å². The smallest absolute Gasteiger partial charge is 0.138 e. The van der Waals surface area contributed by atoms with E-state index < -0.39 is 0 Å². The normalized spacial score (nSPS) is 10.9. The van der Waals surface area contributed by atoms with Crippen molar-refractivity contribution in [2.45, 2.75) is 6.42 Å². The second-order valence-corrected chi connectivity index (χ2v) is 4.64. The number of rotatable bonds is 4. The number of imidazole rings is 1. The quantitative estimate of drug-likeness (QED) is 0.765. The molecule has 0 aliphatic heterocycles. The van der Waals surface area contributed by atoms with Crippen LogP contribution in [0, 0.1) is 0 Å². The van der Waals surface area contributed by atoms with Gasteiger partial charge in [0, 0.05) is 12.2 Å². The van der Waals surface area contributed by atoms with Gasteiger partial charge in [0.25, 0.3) is 0 Å². The Balaban J connectivity index is 1.98. The first kappa shape index (κ1) is 12.7. The van der Waals surface area contributed by atoms with Gasteiger partial charge in [-0.25, -0.2) is 4.98 Å². The van der Waals surface area contributed by atoms with Crippen molar-refractivity contribution < 1.29 is 9.84 Å². The Morgan fingerprint density at radius 1 is 1.15 bits per heavy atom. The third-order valence-corrected chi connectivity index (χ3v) is 3.31. The first-order valence-electron chi connectivity index (χ1n) is 6.54. The van der Waals surface area contributed by atoms with Gasteiger partial charge in [-0.15, -0.1) is 0 Å². The number of nitrogens with one attached hydrogen (secondary N) is 1. The maximum absolute atomic E-state index is 8.99. The Morgan fingerprint density at radius 2 is 1.95 bits per heavy atom. The predicted octanol–water partition coefficient (Wildman–Crippen LogP) is 2.77. The third-order valence-electron chi connectivity index (χ3n) is 3.31. The van der Waals surface area contributed by atoms with E-state index in [0.717, 1.165) is 33.7 Å². The van der Waals surface area contributed by atoms with E-state index in [0.29, 0.717) is 6.42 Å². The molecule has 0 atom stereocenters. The molecular formula is C16H16N2O2. The van der Waals surface area contributed by atoms with Crippen molar-refractivity contribution in [2.24, 2.45) is 0 Å². The number of benzene rings is 2. The van der Waals surface area contributed by atoms with Crippen molar-refractivity contribution >= 4 is 11.0 Å². The van der Waals surface area contributed by atoms with Crippen LogP contribution in [-0.4, -0.2) is 28.8 Å². The van der Waals surface area contributed by atoms with Crippen molar-refractivity contribution in [3.05, 3.63) is 48.0 Å². The van der Waals surface area contributed by atoms with Crippen LogP contribution in [0.2, 0.25) is 0 Å². The molecule has 1 aromatic heterocycles. The van der Waals surface area contributed by atoms with Crippen LogP contribution in [0.1, 0.15) is 5.56 Å². The Morgan fingerprint density at radius 3 is 2.65 bits per heavy atom. The first-order valence-corrected chi connectivity index (χ1v) is 6.54. The second-order valence-electron chi connectivity index (χ2n) is 4.64. The van der Waals surface area contributed by atoms with Crippen LogP contribution in [0.15, 0.2) is 42.5 Å². The number of hydrogen-bond donors (Lipinski definition) is 2. The first-order chi connectivity index (χ1) is 9.80. The molecular weight excluding hydrogens is 252 g/mol. The average Bonchev–Trinajstić information content (AvgIpc) is 2.91. The van der Waals surface area contributed by atoms with Gasteiger partial charge < -0.3 is 14.8 Å². The minimum absolute atomic E-state index is 0.158. The molecule has 4 nitrogen and oxygen atoms in total. The summed E-state index contributed by atoms with van der Waals surface area (Å²) >= 11 is 0. The highest BCUT2D eigenvalue weighted by Gasteiger charge is 2.06. The summed E-state index contributed by atoms with van der Waals surface area (Å²) in [5.74, 6) is 1.67. The van der Waals surface area contributed by atoms with E-state index in [2.05, 4.69) is 9.97 Å². The van der Waals surface area contributed by atoms with Crippen LogP contribution in [0.5, 0.6) is 5.75 Å². The number of methoxy groups -OCH3 is 1. The van der Waals surface area contributed by atoms with Crippen molar-refractivity contribution in [1.82, 2.24) is 9.97 Å². The van der Waals surface area contributed by atoms with Gasteiger partial charge in [0.15, 0.2) is 0 Å². The van der Waals surface area contributed by atoms with Crippen LogP contribution in [0.25, 0.3) is 22.4 Å². The molecule has 0 spiro atoms. The predicted molar refractivity (Wildman–Crippen MR) is 78.9 cm³/mol. The maximum Gasteiger partial charge on any atom is 0.138 e. The molecule has 20 heavy (non-hydrogen) atoms. The van der Waals surface area contributed by atoms with Crippen molar-refractivity contribution in [3.63, 3.8) is 0 Å². The average molecular weight is 268 g/mol. The molecule has 0 saturated heterocycles. The fraction of sp³-hybridized carbons (Fsp3) is 0.188. The summed E-state index contributed by atoms with van der Waals surface area (Å²) in [4.78, 5) is 7.90. The van der Waals surface area contributed by atoms with Crippen LogP contribution in [-0.2, 0) is 6.42 Å². The highest BCUT2D eigenvalue weighted by molar-refractivity contribution is 5.80. The lowest BCUT2D eigenvalue weighted by molar-refractivity contribution is 0.299. The monoisotopic (exact) mass is 268 g/mol. The zero-order chi connectivity index (χ0) is 13.9. The molecule has 102 valence electrons. The summed E-state index contributed by atoms with van der Waals surface area (Å²) in [5.41, 5.74) is 4.04. The van der Waals surface area contributed by atoms with Gasteiger partial charge in [0.1, 0.15) is 11.6 Å². The molecule has 0 saturated carbocycles. The van der Waals surface area contributed by atoms with E-state index in [4.69, 9.17) is 9.84 Å². The van der Waals surface area contributed by atoms with E-state index in [1.54, 1.807) is 7.11 Å². The van der Waals surface area contributed by atoms with Crippen LogP contribution >= 0.6 is 0 Å². The third kappa shape index (κ3) is 2.38. The fourth-order valence-electron chi connectivity index (χ4n) is 2.23. The molecule has 3 rings (SSSR count). The van der Waals surface area contributed by atoms with Crippen LogP contribution in [0.4, 0.5) is 0 Å². The Labute approximate surface area is 117 Å². The number of fused-ring (bicyclic) bond motifs is 1. The van der Waals surface area contributed by atoms with E-state index in [9.17, 15) is 0 Å². The Bertz CT molecular complexity index is 717. The van der Waals surface area contributed by atoms with Gasteiger partial charge >= 0.3 is 0 Å². The molecule has 2 N–H and O–H groups in total. The van der Waals surface area contributed by atoms with E-state index in [1.807, 2.05) is 42.5 Å². The fourth-order valence-corrected chi connectivity index (χ4v) is 2.23. The molecule has 0 unspecified atom stereocenters. The van der Waals surface area contributed by atoms with Gasteiger partial charge in [-0.3, -0.25) is 0 Å². The number of hydrogen-bond acceptors (Lipinski definition) is 3. The number of aromatic nitrogens is 2. The number of H-pyrrole nitrogens is 1. The van der Waals surface area contributed by atoms with Gasteiger partial charge in [-0.1, -0.05) is 6.07 Å². The van der Waals surface area contributed by atoms with E-state index in [1.165, 1.54) is 0 Å². The summed E-state index contributed by atoms with van der Waals surface area (Å²) in [5, 5.41) is 8.99. The summed E-state index contributed by atoms with van der Waals surface area (Å²) in [6.45, 7) is 0.158. The van der Waals surface area contributed by atoms with Crippen molar-refractivity contribution in [1.29, 1.82) is 0 Å². The number of aliphatic hydroxyl groups is 1. The molecule has 0 amide bonds. The minimum atomic E-state index is 0.158. The second kappa shape index (κ2) is 5.35. The summed E-state index contributed by atoms with van der Waals surface area (Å²) in [7, 11) is 1.65. The largest absolute Gasteiger partial charge is 0.497 e. The summed E-state index contributed by atoms with van der Waals surface area (Å²) in [6.07, 6.45) is 0.660. The zero-order valence-corrected chi connectivity index (χ0v) is 11.3. The molecule has 3 aromatic rings. The number of aliphatic hydroxyl groups excluding tert-OH is 1. The topological polar surface area (TPSA) is 58.1 Å². The number of nitrogens with zero attached hydrogens (tertiary/aromatic N) is 1. The molecule has 0 aliphatic rings. The Hall–Kier alpha value is -2.33. The lowest BCUT2D eigenvalue weighted by Crippen LogP contribution is -1.89. The van der Waals surface area contributed by atoms with E-state index in [-0.39, 0.29) is 6.61 Å². The molecule has 4 heteroatoms. The molecule has 1 heterocycles. The van der Waals surface area contributed by atoms with Crippen molar-refractivity contribution in [3.8, 4) is 17.1 Å². The molecule has 0 bridgehead atoms. The summed E-state index contributed by atoms with van der Waals surface area (Å²) in [6, 6.07) is 13.8. The molecule has 0 radical (unpaired) electrons. The molecule has 0 fully saturated rings. The van der Waals surface area contributed by atoms with Gasteiger partial charge in [0.05, 0.1) is 18.1 Å². The zero-order valence-electron chi connectivity index (χ0n) is 11.3. The lowest BCUT2D eigenvalue weighted by atomic mass is 10.1. The van der Waals surface area contributed by atoms with Crippen molar-refractivity contribution in [2.75, 3.05) is 13.7 Å². The number of ether oxygens (including phenoxy) is 1. The van der Waals surface area contributed by atoms with Gasteiger partial charge in [-0.05, 0) is 48.4 Å². The van der Waals surface area contributed by atoms with Gasteiger partial charge in [0.2, 0.25) is 0 Å². The molecule has 2 aromatic carbocycles. The lowest BCUT2D eigenvalue weighted by Gasteiger charge is -2.00. The number of aromatic amines is 1. The Kier molecular flexibility index (Phi) is 3.39. The van der Waals surface area contributed by atoms with Crippen LogP contribution in [0.3, 0.4) is 0 Å². The van der Waals surface area contributed by atoms with Gasteiger partial charge in [-0.2, -0.15) is 0 Å². The van der Waals surface area contributed by atoms with E-state index >= 15 is 0 Å². The standard InChI is InChI=1S/C16H16N2O2/c1-20-13-5-3-12(4-6-13)16-17-14-7-2-11(8-9-19)10-15(14)18-16/h2-7,10,19H,8-9H2,1H3,(H,17,18). The SMILES string of the molecule is COc1ccc(-c2nc3ccc(CCO)cc3[nH]2)cc1. The highest BCUT2D eigenvalue weighted by Crippen LogP contribution is 2.23. The summed E-state index contributed by atoms with van der Waals surface area (Å²) < 4.78 is 5.15. The minimum Gasteiger partial charge on any atom is -0.497 e. The maximum atomic E-state index is 8.99.